The predicted octanol–water partition coefficient (Wildman–Crippen LogP) is 4.55. The van der Waals surface area contributed by atoms with Crippen LogP contribution in [0.5, 0.6) is 5.75 Å². The van der Waals surface area contributed by atoms with Crippen LogP contribution >= 0.6 is 0 Å². The van der Waals surface area contributed by atoms with Gasteiger partial charge in [0, 0.05) is 34.8 Å². The largest absolute Gasteiger partial charge is 0.507 e. The lowest BCUT2D eigenvalue weighted by atomic mass is 9.59. The predicted molar refractivity (Wildman–Crippen MR) is 144 cm³/mol. The number of phenols is 1. The lowest BCUT2D eigenvalue weighted by Gasteiger charge is -2.42. The number of ketones is 2. The van der Waals surface area contributed by atoms with Gasteiger partial charge >= 0.3 is 0 Å². The van der Waals surface area contributed by atoms with E-state index in [1.54, 1.807) is 20.8 Å². The van der Waals surface area contributed by atoms with Crippen LogP contribution in [0, 0.1) is 41.7 Å². The van der Waals surface area contributed by atoms with Gasteiger partial charge < -0.3 is 5.11 Å². The summed E-state index contributed by atoms with van der Waals surface area (Å²) in [6.07, 6.45) is 3.73. The van der Waals surface area contributed by atoms with Gasteiger partial charge in [-0.05, 0) is 74.4 Å². The fourth-order valence-electron chi connectivity index (χ4n) is 6.87. The summed E-state index contributed by atoms with van der Waals surface area (Å²) >= 11 is 0. The third kappa shape index (κ3) is 3.61. The second-order valence-electron chi connectivity index (χ2n) is 11.0. The molecule has 1 aliphatic heterocycles. The first kappa shape index (κ1) is 25.6. The molecular formula is C31H26N2O7. The number of aromatic hydroxyl groups is 1. The Bertz CT molecular complexity index is 1640. The van der Waals surface area contributed by atoms with E-state index in [1.165, 1.54) is 30.3 Å². The summed E-state index contributed by atoms with van der Waals surface area (Å²) in [7, 11) is 0. The molecule has 1 saturated heterocycles. The summed E-state index contributed by atoms with van der Waals surface area (Å²) in [5, 5.41) is 21.5. The molecule has 6 rings (SSSR count). The van der Waals surface area contributed by atoms with Crippen molar-refractivity contribution in [3.05, 3.63) is 97.6 Å². The quantitative estimate of drug-likeness (QED) is 0.199. The number of rotatable bonds is 3. The highest BCUT2D eigenvalue weighted by atomic mass is 16.6. The molecule has 2 amide bonds. The first-order valence-corrected chi connectivity index (χ1v) is 13.1. The Labute approximate surface area is 229 Å². The van der Waals surface area contributed by atoms with Gasteiger partial charge in [-0.25, -0.2) is 0 Å². The van der Waals surface area contributed by atoms with E-state index in [0.717, 1.165) is 16.0 Å². The van der Waals surface area contributed by atoms with Crippen molar-refractivity contribution in [3.8, 4) is 5.75 Å². The van der Waals surface area contributed by atoms with Crippen LogP contribution in [0.1, 0.15) is 42.4 Å². The molecule has 0 spiro atoms. The lowest BCUT2D eigenvalue weighted by Crippen LogP contribution is -2.39. The number of amides is 2. The number of aryl methyl sites for hydroxylation is 2. The molecule has 202 valence electrons. The van der Waals surface area contributed by atoms with Crippen molar-refractivity contribution >= 4 is 34.8 Å². The van der Waals surface area contributed by atoms with E-state index < -0.39 is 34.5 Å². The first-order valence-electron chi connectivity index (χ1n) is 13.1. The molecule has 0 aromatic heterocycles. The van der Waals surface area contributed by atoms with E-state index in [0.29, 0.717) is 27.8 Å². The molecule has 9 heteroatoms. The molecule has 40 heavy (non-hydrogen) atoms. The molecule has 0 radical (unpaired) electrons. The third-order valence-corrected chi connectivity index (χ3v) is 8.73. The highest BCUT2D eigenvalue weighted by Gasteiger charge is 2.56. The Hall–Kier alpha value is -4.66. The van der Waals surface area contributed by atoms with Crippen LogP contribution in [-0.2, 0) is 19.2 Å². The third-order valence-electron chi connectivity index (χ3n) is 8.73. The standard InChI is InChI=1S/C31H26N2O7/c1-14-10-17(11-15(2)28(14)35)25-20-8-9-21-26(22(20)13-23-24(34)12-16(3)29(36)27(23)25)31(38)32(30(21)37)18-4-6-19(7-5-18)33(39)40/h4-8,10-12,21-22,25-26,35H,9,13H2,1-3H3. The van der Waals surface area contributed by atoms with Crippen LogP contribution in [0.25, 0.3) is 0 Å². The van der Waals surface area contributed by atoms with Gasteiger partial charge in [-0.2, -0.15) is 0 Å². The number of Topliss-reactive ketones (excluding diaryl/α,β-unsaturated/α-hetero) is 1. The van der Waals surface area contributed by atoms with Crippen molar-refractivity contribution < 1.29 is 29.2 Å². The number of anilines is 1. The number of carbonyl (C=O) groups is 4. The van der Waals surface area contributed by atoms with Gasteiger partial charge in [0.2, 0.25) is 11.8 Å². The maximum absolute atomic E-state index is 13.9. The molecule has 4 aliphatic rings. The van der Waals surface area contributed by atoms with Crippen LogP contribution < -0.4 is 4.90 Å². The van der Waals surface area contributed by atoms with Gasteiger partial charge in [0.1, 0.15) is 5.75 Å². The van der Waals surface area contributed by atoms with E-state index in [4.69, 9.17) is 0 Å². The number of hydrogen-bond acceptors (Lipinski definition) is 7. The molecule has 2 aromatic carbocycles. The van der Waals surface area contributed by atoms with Gasteiger partial charge in [0.15, 0.2) is 11.6 Å². The number of benzene rings is 2. The van der Waals surface area contributed by atoms with Crippen LogP contribution in [0.4, 0.5) is 11.4 Å². The summed E-state index contributed by atoms with van der Waals surface area (Å²) in [5.74, 6) is -3.59. The van der Waals surface area contributed by atoms with Gasteiger partial charge in [-0.3, -0.25) is 34.2 Å². The zero-order valence-corrected chi connectivity index (χ0v) is 22.1. The zero-order valence-electron chi connectivity index (χ0n) is 22.1. The average molecular weight is 539 g/mol. The summed E-state index contributed by atoms with van der Waals surface area (Å²) in [5.41, 5.74) is 4.06. The number of allylic oxidation sites excluding steroid dienone is 6. The number of nitro benzene ring substituents is 1. The molecule has 3 aliphatic carbocycles. The molecule has 1 fully saturated rings. The average Bonchev–Trinajstić information content (AvgIpc) is 3.18. The molecular weight excluding hydrogens is 512 g/mol. The van der Waals surface area contributed by atoms with Gasteiger partial charge in [0.05, 0.1) is 22.4 Å². The Kier molecular flexibility index (Phi) is 5.72. The van der Waals surface area contributed by atoms with Crippen LogP contribution in [0.3, 0.4) is 0 Å². The molecule has 0 saturated carbocycles. The monoisotopic (exact) mass is 538 g/mol. The minimum absolute atomic E-state index is 0.151. The Morgan fingerprint density at radius 3 is 2.23 bits per heavy atom. The molecule has 4 atom stereocenters. The van der Waals surface area contributed by atoms with E-state index in [9.17, 15) is 34.4 Å². The second kappa shape index (κ2) is 8.94. The molecule has 1 N–H and O–H groups in total. The number of non-ortho nitro benzene ring substituents is 1. The zero-order chi connectivity index (χ0) is 28.6. The smallest absolute Gasteiger partial charge is 0.269 e. The number of nitro groups is 1. The van der Waals surface area contributed by atoms with Crippen molar-refractivity contribution in [2.24, 2.45) is 17.8 Å². The Balaban J connectivity index is 1.47. The summed E-state index contributed by atoms with van der Waals surface area (Å²) < 4.78 is 0. The van der Waals surface area contributed by atoms with Crippen molar-refractivity contribution in [2.75, 3.05) is 4.90 Å². The number of fused-ring (bicyclic) bond motifs is 3. The van der Waals surface area contributed by atoms with Gasteiger partial charge in [0.25, 0.3) is 5.69 Å². The number of carbonyl (C=O) groups excluding carboxylic acids is 4. The van der Waals surface area contributed by atoms with Crippen LogP contribution in [0.15, 0.2) is 70.8 Å². The Morgan fingerprint density at radius 2 is 1.60 bits per heavy atom. The van der Waals surface area contributed by atoms with E-state index in [2.05, 4.69) is 0 Å². The van der Waals surface area contributed by atoms with Crippen LogP contribution in [0.2, 0.25) is 0 Å². The summed E-state index contributed by atoms with van der Waals surface area (Å²) in [6.45, 7) is 5.16. The van der Waals surface area contributed by atoms with Crippen molar-refractivity contribution in [1.82, 2.24) is 0 Å². The van der Waals surface area contributed by atoms with Gasteiger partial charge in [-0.1, -0.05) is 23.8 Å². The Morgan fingerprint density at radius 1 is 0.950 bits per heavy atom. The maximum Gasteiger partial charge on any atom is 0.269 e. The molecule has 4 unspecified atom stereocenters. The number of imide groups is 1. The molecule has 2 aromatic rings. The molecule has 0 bridgehead atoms. The SMILES string of the molecule is CC1=CC(=O)C2=C(C1=O)C(c1cc(C)c(O)c(C)c1)C1=CCC3C(=O)N(c4ccc([N+](=O)[O-])cc4)C(=O)C3C1C2. The topological polar surface area (TPSA) is 135 Å². The normalized spacial score (nSPS) is 25.8. The minimum Gasteiger partial charge on any atom is -0.507 e. The number of phenolic OH excluding ortho intramolecular Hbond substituents is 1. The number of hydrogen-bond donors (Lipinski definition) is 1. The second-order valence-corrected chi connectivity index (χ2v) is 11.0. The summed E-state index contributed by atoms with van der Waals surface area (Å²) in [6, 6.07) is 8.91. The van der Waals surface area contributed by atoms with E-state index in [1.807, 2.05) is 18.2 Å². The van der Waals surface area contributed by atoms with E-state index in [-0.39, 0.29) is 47.4 Å². The first-order chi connectivity index (χ1) is 19.0. The van der Waals surface area contributed by atoms with Crippen molar-refractivity contribution in [2.45, 2.75) is 39.5 Å². The summed E-state index contributed by atoms with van der Waals surface area (Å²) in [4.78, 5) is 65.9. The van der Waals surface area contributed by atoms with Crippen molar-refractivity contribution in [1.29, 1.82) is 0 Å². The van der Waals surface area contributed by atoms with Crippen molar-refractivity contribution in [3.63, 3.8) is 0 Å². The van der Waals surface area contributed by atoms with Crippen LogP contribution in [-0.4, -0.2) is 33.4 Å². The molecule has 9 nitrogen and oxygen atoms in total. The van der Waals surface area contributed by atoms with Gasteiger partial charge in [-0.15, -0.1) is 0 Å². The highest BCUT2D eigenvalue weighted by molar-refractivity contribution is 6.25. The minimum atomic E-state index is -0.742. The molecule has 1 heterocycles. The maximum atomic E-state index is 13.9. The number of nitrogens with zero attached hydrogens (tertiary/aromatic N) is 2. The highest BCUT2D eigenvalue weighted by Crippen LogP contribution is 2.55. The van der Waals surface area contributed by atoms with E-state index >= 15 is 0 Å². The fraction of sp³-hybridized carbons (Fsp3) is 0.290. The lowest BCUT2D eigenvalue weighted by molar-refractivity contribution is -0.384. The fourth-order valence-corrected chi connectivity index (χ4v) is 6.87.